The molecule has 0 unspecified atom stereocenters. The van der Waals surface area contributed by atoms with Crippen molar-refractivity contribution < 1.29 is 29.0 Å². The summed E-state index contributed by atoms with van der Waals surface area (Å²) in [4.78, 5) is 54.1. The maximum absolute atomic E-state index is 13.0. The normalized spacial score (nSPS) is 12.7. The van der Waals surface area contributed by atoms with Crippen molar-refractivity contribution in [3.05, 3.63) is 112 Å². The highest BCUT2D eigenvalue weighted by molar-refractivity contribution is 8.00. The largest absolute Gasteiger partial charge is 0.478 e. The van der Waals surface area contributed by atoms with Crippen LogP contribution in [0.2, 0.25) is 0 Å². The zero-order valence-electron chi connectivity index (χ0n) is 23.3. The summed E-state index contributed by atoms with van der Waals surface area (Å²) in [5.41, 5.74) is 3.00. The van der Waals surface area contributed by atoms with E-state index in [-0.39, 0.29) is 22.8 Å². The summed E-state index contributed by atoms with van der Waals surface area (Å²) in [6, 6.07) is 23.1. The number of aromatic carboxylic acids is 1. The van der Waals surface area contributed by atoms with Gasteiger partial charge in [-0.15, -0.1) is 23.1 Å². The molecule has 9 nitrogen and oxygen atoms in total. The lowest BCUT2D eigenvalue weighted by Crippen LogP contribution is -2.29. The van der Waals surface area contributed by atoms with Gasteiger partial charge in [-0.3, -0.25) is 14.5 Å². The van der Waals surface area contributed by atoms with Crippen molar-refractivity contribution in [2.45, 2.75) is 24.4 Å². The highest BCUT2D eigenvalue weighted by Gasteiger charge is 2.29. The molecule has 1 aromatic heterocycles. The van der Waals surface area contributed by atoms with Crippen LogP contribution in [-0.2, 0) is 29.0 Å². The number of anilines is 2. The van der Waals surface area contributed by atoms with E-state index in [9.17, 15) is 24.3 Å². The molecule has 220 valence electrons. The SMILES string of the molecule is COC(=O)c1c(NC(=O)CSc2cccc(NC(=O)c3ccccc3C(=O)O)c2)sc2c1CCN(Cc1ccccc1)C2. The fraction of sp³-hybridized carbons (Fsp3) is 0.188. The van der Waals surface area contributed by atoms with Gasteiger partial charge in [0.1, 0.15) is 5.00 Å². The van der Waals surface area contributed by atoms with Crippen molar-refractivity contribution in [1.82, 2.24) is 4.90 Å². The van der Waals surface area contributed by atoms with Gasteiger partial charge in [-0.25, -0.2) is 9.59 Å². The summed E-state index contributed by atoms with van der Waals surface area (Å²) in [5, 5.41) is 15.5. The second kappa shape index (κ2) is 13.7. The van der Waals surface area contributed by atoms with Gasteiger partial charge >= 0.3 is 11.9 Å². The number of hydrogen-bond acceptors (Lipinski definition) is 8. The molecule has 3 N–H and O–H groups in total. The van der Waals surface area contributed by atoms with Gasteiger partial charge in [0, 0.05) is 35.1 Å². The van der Waals surface area contributed by atoms with Crippen LogP contribution in [0.15, 0.2) is 83.8 Å². The smallest absolute Gasteiger partial charge is 0.341 e. The van der Waals surface area contributed by atoms with Crippen molar-refractivity contribution in [1.29, 1.82) is 0 Å². The first-order chi connectivity index (χ1) is 20.8. The lowest BCUT2D eigenvalue weighted by atomic mass is 10.0. The third kappa shape index (κ3) is 7.31. The number of methoxy groups -OCH3 is 1. The molecule has 2 heterocycles. The van der Waals surface area contributed by atoms with Gasteiger partial charge in [0.15, 0.2) is 0 Å². The molecule has 0 bridgehead atoms. The number of nitrogens with zero attached hydrogens (tertiary/aromatic N) is 1. The molecule has 0 radical (unpaired) electrons. The number of carboxylic acids is 1. The second-order valence-corrected chi connectivity index (χ2v) is 12.0. The number of benzene rings is 3. The molecule has 0 fully saturated rings. The summed E-state index contributed by atoms with van der Waals surface area (Å²) < 4.78 is 5.06. The van der Waals surface area contributed by atoms with Gasteiger partial charge < -0.3 is 20.5 Å². The van der Waals surface area contributed by atoms with Crippen LogP contribution in [0.25, 0.3) is 0 Å². The number of thioether (sulfide) groups is 1. The highest BCUT2D eigenvalue weighted by Crippen LogP contribution is 2.38. The van der Waals surface area contributed by atoms with Crippen molar-refractivity contribution in [3.63, 3.8) is 0 Å². The molecule has 4 aromatic rings. The van der Waals surface area contributed by atoms with Crippen molar-refractivity contribution in [3.8, 4) is 0 Å². The molecule has 5 rings (SSSR count). The van der Waals surface area contributed by atoms with Gasteiger partial charge in [0.25, 0.3) is 5.91 Å². The minimum absolute atomic E-state index is 0.0516. The standard InChI is InChI=1S/C32H29N3O6S2/c1-41-32(40)28-25-14-15-35(17-20-8-3-2-4-9-20)18-26(25)43-30(28)34-27(36)19-42-22-11-7-10-21(16-22)33-29(37)23-12-5-6-13-24(23)31(38)39/h2-13,16H,14-15,17-19H2,1H3,(H,33,37)(H,34,36)(H,38,39). The molecule has 1 aliphatic rings. The van der Waals surface area contributed by atoms with Crippen molar-refractivity contribution in [2.24, 2.45) is 0 Å². The Morgan fingerprint density at radius 2 is 1.70 bits per heavy atom. The number of thiophene rings is 1. The van der Waals surface area contributed by atoms with Gasteiger partial charge in [-0.05, 0) is 47.9 Å². The van der Waals surface area contributed by atoms with Crippen LogP contribution in [-0.4, -0.2) is 53.2 Å². The van der Waals surface area contributed by atoms with Crippen LogP contribution in [0.4, 0.5) is 10.7 Å². The third-order valence-corrected chi connectivity index (χ3v) is 9.02. The zero-order chi connectivity index (χ0) is 30.3. The van der Waals surface area contributed by atoms with Crippen LogP contribution >= 0.6 is 23.1 Å². The molecular formula is C32H29N3O6S2. The van der Waals surface area contributed by atoms with Gasteiger partial charge in [-0.1, -0.05) is 48.5 Å². The van der Waals surface area contributed by atoms with Crippen molar-refractivity contribution in [2.75, 3.05) is 30.0 Å². The molecule has 0 aliphatic carbocycles. The number of rotatable bonds is 10. The summed E-state index contributed by atoms with van der Waals surface area (Å²) in [7, 11) is 1.34. The first kappa shape index (κ1) is 30.0. The Morgan fingerprint density at radius 3 is 2.44 bits per heavy atom. The quantitative estimate of drug-likeness (QED) is 0.152. The van der Waals surface area contributed by atoms with Crippen molar-refractivity contribution >= 4 is 57.5 Å². The molecule has 2 amide bonds. The minimum Gasteiger partial charge on any atom is -0.478 e. The van der Waals surface area contributed by atoms with E-state index in [0.717, 1.165) is 28.4 Å². The van der Waals surface area contributed by atoms with Crippen LogP contribution in [0.5, 0.6) is 0 Å². The fourth-order valence-corrected chi connectivity index (χ4v) is 6.93. The average Bonchev–Trinajstić information content (AvgIpc) is 3.37. The van der Waals surface area contributed by atoms with Crippen LogP contribution in [0.3, 0.4) is 0 Å². The maximum atomic E-state index is 13.0. The van der Waals surface area contributed by atoms with Crippen LogP contribution in [0.1, 0.15) is 47.1 Å². The molecule has 3 aromatic carbocycles. The first-order valence-corrected chi connectivity index (χ1v) is 15.3. The van der Waals surface area contributed by atoms with E-state index in [2.05, 4.69) is 27.7 Å². The Hall–Kier alpha value is -4.45. The summed E-state index contributed by atoms with van der Waals surface area (Å²) in [6.07, 6.45) is 0.684. The number of carbonyl (C=O) groups excluding carboxylic acids is 3. The Labute approximate surface area is 256 Å². The summed E-state index contributed by atoms with van der Waals surface area (Å²) >= 11 is 2.68. The Kier molecular flexibility index (Phi) is 9.55. The molecule has 0 spiro atoms. The Morgan fingerprint density at radius 1 is 0.953 bits per heavy atom. The van der Waals surface area contributed by atoms with E-state index in [1.54, 1.807) is 30.3 Å². The number of esters is 1. The van der Waals surface area contributed by atoms with Gasteiger partial charge in [0.05, 0.1) is 29.6 Å². The first-order valence-electron chi connectivity index (χ1n) is 13.5. The minimum atomic E-state index is -1.19. The van der Waals surface area contributed by atoms with Crippen LogP contribution in [0, 0.1) is 0 Å². The number of nitrogens with one attached hydrogen (secondary N) is 2. The summed E-state index contributed by atoms with van der Waals surface area (Å²) in [5.74, 6) is -2.41. The number of amides is 2. The number of carbonyl (C=O) groups is 4. The van der Waals surface area contributed by atoms with Crippen LogP contribution < -0.4 is 10.6 Å². The number of ether oxygens (including phenoxy) is 1. The summed E-state index contributed by atoms with van der Waals surface area (Å²) in [6.45, 7) is 2.27. The van der Waals surface area contributed by atoms with E-state index in [1.807, 2.05) is 24.3 Å². The van der Waals surface area contributed by atoms with E-state index in [0.29, 0.717) is 29.2 Å². The molecule has 0 saturated heterocycles. The molecule has 0 atom stereocenters. The van der Waals surface area contributed by atoms with Gasteiger partial charge in [0.2, 0.25) is 5.91 Å². The third-order valence-electron chi connectivity index (χ3n) is 6.89. The lowest BCUT2D eigenvalue weighted by molar-refractivity contribution is -0.113. The zero-order valence-corrected chi connectivity index (χ0v) is 24.9. The van der Waals surface area contributed by atoms with E-state index >= 15 is 0 Å². The molecule has 11 heteroatoms. The fourth-order valence-electron chi connectivity index (χ4n) is 4.88. The number of fused-ring (bicyclic) bond motifs is 1. The molecule has 1 aliphatic heterocycles. The van der Waals surface area contributed by atoms with Gasteiger partial charge in [-0.2, -0.15) is 0 Å². The molecular weight excluding hydrogens is 587 g/mol. The maximum Gasteiger partial charge on any atom is 0.341 e. The lowest BCUT2D eigenvalue weighted by Gasteiger charge is -2.27. The Balaban J connectivity index is 1.23. The number of carboxylic acid groups (broad SMARTS) is 1. The molecule has 0 saturated carbocycles. The monoisotopic (exact) mass is 615 g/mol. The highest BCUT2D eigenvalue weighted by atomic mass is 32.2. The Bertz CT molecular complexity index is 1670. The molecule has 43 heavy (non-hydrogen) atoms. The predicted octanol–water partition coefficient (Wildman–Crippen LogP) is 5.77. The average molecular weight is 616 g/mol. The van der Waals surface area contributed by atoms with E-state index in [1.165, 1.54) is 47.9 Å². The second-order valence-electron chi connectivity index (χ2n) is 9.82. The van der Waals surface area contributed by atoms with E-state index in [4.69, 9.17) is 4.74 Å². The predicted molar refractivity (Wildman–Crippen MR) is 167 cm³/mol. The topological polar surface area (TPSA) is 125 Å². The number of hydrogen-bond donors (Lipinski definition) is 3. The van der Waals surface area contributed by atoms with E-state index < -0.39 is 17.8 Å².